The molecular formula is C15H19O4P. The van der Waals surface area contributed by atoms with Gasteiger partial charge in [-0.3, -0.25) is 4.57 Å². The number of hydrogen-bond acceptors (Lipinski definition) is 3. The van der Waals surface area contributed by atoms with Crippen molar-refractivity contribution in [1.82, 2.24) is 0 Å². The van der Waals surface area contributed by atoms with Crippen molar-refractivity contribution < 1.29 is 19.1 Å². The van der Waals surface area contributed by atoms with Crippen LogP contribution in [-0.2, 0) is 9.09 Å². The average molecular weight is 294 g/mol. The molecule has 0 saturated carbocycles. The third-order valence-corrected chi connectivity index (χ3v) is 4.86. The molecular weight excluding hydrogens is 275 g/mol. The van der Waals surface area contributed by atoms with Crippen LogP contribution >= 0.6 is 7.60 Å². The van der Waals surface area contributed by atoms with Crippen LogP contribution in [0, 0.1) is 0 Å². The van der Waals surface area contributed by atoms with Gasteiger partial charge in [0, 0.05) is 0 Å². The Morgan fingerprint density at radius 3 is 2.50 bits per heavy atom. The van der Waals surface area contributed by atoms with Crippen LogP contribution in [0.25, 0.3) is 10.8 Å². The highest BCUT2D eigenvalue weighted by atomic mass is 31.2. The van der Waals surface area contributed by atoms with Gasteiger partial charge < -0.3 is 14.5 Å². The van der Waals surface area contributed by atoms with Crippen molar-refractivity contribution in [3.63, 3.8) is 0 Å². The molecule has 0 aliphatic carbocycles. The predicted octanol–water partition coefficient (Wildman–Crippen LogP) is 3.83. The standard InChI is InChI=1S/C15H19O4P/c1-3-11(2)19-20(17,18)15(16)14-9-8-12-6-4-5-7-13(12)10-14/h4-11,15-16H,3H2,1-2H3,(H,17,18). The Labute approximate surface area is 118 Å². The maximum absolute atomic E-state index is 12.1. The molecule has 3 unspecified atom stereocenters. The van der Waals surface area contributed by atoms with Crippen molar-refractivity contribution in [3.8, 4) is 0 Å². The normalized spacial score (nSPS) is 17.6. The van der Waals surface area contributed by atoms with Crippen LogP contribution < -0.4 is 0 Å². The van der Waals surface area contributed by atoms with E-state index in [0.29, 0.717) is 12.0 Å². The molecule has 0 heterocycles. The topological polar surface area (TPSA) is 66.8 Å². The van der Waals surface area contributed by atoms with Crippen molar-refractivity contribution in [1.29, 1.82) is 0 Å². The van der Waals surface area contributed by atoms with Crippen LogP contribution in [0.1, 0.15) is 31.7 Å². The molecule has 0 bridgehead atoms. The zero-order valence-corrected chi connectivity index (χ0v) is 12.5. The molecule has 2 N–H and O–H groups in total. The van der Waals surface area contributed by atoms with Crippen molar-refractivity contribution in [2.45, 2.75) is 32.2 Å². The lowest BCUT2D eigenvalue weighted by atomic mass is 10.1. The third kappa shape index (κ3) is 3.28. The molecule has 108 valence electrons. The molecule has 2 rings (SSSR count). The van der Waals surface area contributed by atoms with Crippen molar-refractivity contribution in [2.75, 3.05) is 0 Å². The molecule has 0 fully saturated rings. The summed E-state index contributed by atoms with van der Waals surface area (Å²) in [6, 6.07) is 12.8. The minimum absolute atomic E-state index is 0.374. The summed E-state index contributed by atoms with van der Waals surface area (Å²) in [4.78, 5) is 9.89. The average Bonchev–Trinajstić information content (AvgIpc) is 2.45. The lowest BCUT2D eigenvalue weighted by Gasteiger charge is -2.21. The van der Waals surface area contributed by atoms with Crippen molar-refractivity contribution >= 4 is 18.4 Å². The van der Waals surface area contributed by atoms with E-state index in [1.54, 1.807) is 19.1 Å². The zero-order chi connectivity index (χ0) is 14.8. The summed E-state index contributed by atoms with van der Waals surface area (Å²) in [5.41, 5.74) is 0.387. The number of fused-ring (bicyclic) bond motifs is 1. The molecule has 0 aromatic heterocycles. The molecule has 0 amide bonds. The summed E-state index contributed by atoms with van der Waals surface area (Å²) in [5, 5.41) is 12.0. The molecule has 0 saturated heterocycles. The van der Waals surface area contributed by atoms with Crippen LogP contribution in [0.4, 0.5) is 0 Å². The first-order valence-electron chi connectivity index (χ1n) is 6.61. The van der Waals surface area contributed by atoms with Crippen LogP contribution in [-0.4, -0.2) is 16.1 Å². The summed E-state index contributed by atoms with van der Waals surface area (Å²) in [6.07, 6.45) is 0.232. The number of hydrogen-bond donors (Lipinski definition) is 2. The number of aliphatic hydroxyl groups excluding tert-OH is 1. The summed E-state index contributed by atoms with van der Waals surface area (Å²) in [7, 11) is -4.10. The maximum atomic E-state index is 12.1. The highest BCUT2D eigenvalue weighted by Crippen LogP contribution is 2.56. The molecule has 3 atom stereocenters. The molecule has 5 heteroatoms. The molecule has 0 radical (unpaired) electrons. The second-order valence-electron chi connectivity index (χ2n) is 4.87. The number of rotatable bonds is 5. The Kier molecular flexibility index (Phi) is 4.61. The summed E-state index contributed by atoms with van der Waals surface area (Å²) in [5.74, 6) is -1.53. The Balaban J connectivity index is 2.30. The van der Waals surface area contributed by atoms with Gasteiger partial charge in [-0.2, -0.15) is 0 Å². The van der Waals surface area contributed by atoms with E-state index >= 15 is 0 Å². The Morgan fingerprint density at radius 1 is 1.20 bits per heavy atom. The fraction of sp³-hybridized carbons (Fsp3) is 0.333. The van der Waals surface area contributed by atoms with E-state index in [1.165, 1.54) is 0 Å². The number of benzene rings is 2. The molecule has 4 nitrogen and oxygen atoms in total. The van der Waals surface area contributed by atoms with Gasteiger partial charge in [0.1, 0.15) is 0 Å². The first kappa shape index (κ1) is 15.2. The first-order chi connectivity index (χ1) is 9.44. The SMILES string of the molecule is CCC(C)OP(=O)(O)C(O)c1ccc2ccccc2c1. The van der Waals surface area contributed by atoms with E-state index in [2.05, 4.69) is 0 Å². The van der Waals surface area contributed by atoms with Gasteiger partial charge in [-0.05, 0) is 35.7 Å². The van der Waals surface area contributed by atoms with Gasteiger partial charge in [0.2, 0.25) is 0 Å². The van der Waals surface area contributed by atoms with Gasteiger partial charge in [0.25, 0.3) is 0 Å². The summed E-state index contributed by atoms with van der Waals surface area (Å²) in [6.45, 7) is 3.56. The van der Waals surface area contributed by atoms with E-state index < -0.39 is 13.4 Å². The van der Waals surface area contributed by atoms with E-state index in [0.717, 1.165) is 10.8 Å². The van der Waals surface area contributed by atoms with Gasteiger partial charge in [0.15, 0.2) is 5.85 Å². The Bertz CT molecular complexity index is 641. The first-order valence-corrected chi connectivity index (χ1v) is 8.26. The molecule has 20 heavy (non-hydrogen) atoms. The van der Waals surface area contributed by atoms with E-state index in [-0.39, 0.29) is 6.10 Å². The minimum Gasteiger partial charge on any atom is -0.376 e. The van der Waals surface area contributed by atoms with Gasteiger partial charge >= 0.3 is 7.60 Å². The minimum atomic E-state index is -4.10. The molecule has 0 aliphatic heterocycles. The van der Waals surface area contributed by atoms with Crippen LogP contribution in [0.15, 0.2) is 42.5 Å². The maximum Gasteiger partial charge on any atom is 0.361 e. The molecule has 0 spiro atoms. The quantitative estimate of drug-likeness (QED) is 0.822. The van der Waals surface area contributed by atoms with Crippen LogP contribution in [0.5, 0.6) is 0 Å². The van der Waals surface area contributed by atoms with Crippen LogP contribution in [0.3, 0.4) is 0 Å². The third-order valence-electron chi connectivity index (χ3n) is 3.29. The van der Waals surface area contributed by atoms with Crippen LogP contribution in [0.2, 0.25) is 0 Å². The Morgan fingerprint density at radius 2 is 1.85 bits per heavy atom. The van der Waals surface area contributed by atoms with E-state index in [1.807, 2.05) is 37.3 Å². The molecule has 2 aromatic carbocycles. The fourth-order valence-electron chi connectivity index (χ4n) is 1.95. The fourth-order valence-corrected chi connectivity index (χ4v) is 3.26. The lowest BCUT2D eigenvalue weighted by molar-refractivity contribution is 0.137. The predicted molar refractivity (Wildman–Crippen MR) is 79.6 cm³/mol. The largest absolute Gasteiger partial charge is 0.376 e. The lowest BCUT2D eigenvalue weighted by Crippen LogP contribution is -2.09. The number of aliphatic hydroxyl groups is 1. The molecule has 2 aromatic rings. The second-order valence-corrected chi connectivity index (χ2v) is 6.70. The summed E-state index contributed by atoms with van der Waals surface area (Å²) >= 11 is 0. The monoisotopic (exact) mass is 294 g/mol. The van der Waals surface area contributed by atoms with Crippen molar-refractivity contribution in [2.24, 2.45) is 0 Å². The summed E-state index contributed by atoms with van der Waals surface area (Å²) < 4.78 is 17.2. The van der Waals surface area contributed by atoms with Gasteiger partial charge in [-0.15, -0.1) is 0 Å². The highest BCUT2D eigenvalue weighted by Gasteiger charge is 2.33. The molecule has 0 aliphatic rings. The van der Waals surface area contributed by atoms with Gasteiger partial charge in [-0.1, -0.05) is 43.3 Å². The van der Waals surface area contributed by atoms with Gasteiger partial charge in [0.05, 0.1) is 6.10 Å². The highest BCUT2D eigenvalue weighted by molar-refractivity contribution is 7.53. The Hall–Kier alpha value is -1.19. The van der Waals surface area contributed by atoms with Crippen molar-refractivity contribution in [3.05, 3.63) is 48.0 Å². The zero-order valence-electron chi connectivity index (χ0n) is 11.6. The van der Waals surface area contributed by atoms with Gasteiger partial charge in [-0.25, -0.2) is 0 Å². The van der Waals surface area contributed by atoms with E-state index in [9.17, 15) is 14.6 Å². The van der Waals surface area contributed by atoms with E-state index in [4.69, 9.17) is 4.52 Å². The second kappa shape index (κ2) is 6.06. The smallest absolute Gasteiger partial charge is 0.361 e.